The van der Waals surface area contributed by atoms with Crippen LogP contribution in [-0.2, 0) is 14.8 Å². The van der Waals surface area contributed by atoms with Gasteiger partial charge in [0, 0.05) is 12.5 Å². The molecule has 70 valence electrons. The van der Waals surface area contributed by atoms with E-state index in [9.17, 15) is 13.2 Å². The number of sulfonamides is 1. The Morgan fingerprint density at radius 3 is 2.25 bits per heavy atom. The first-order chi connectivity index (χ1) is 5.34. The van der Waals surface area contributed by atoms with Gasteiger partial charge in [0.2, 0.25) is 10.0 Å². The molecule has 0 N–H and O–H groups in total. The molecule has 0 bridgehead atoms. The van der Waals surface area contributed by atoms with Crippen molar-refractivity contribution in [2.75, 3.05) is 12.8 Å². The summed E-state index contributed by atoms with van der Waals surface area (Å²) < 4.78 is 23.0. The number of carbonyl (C=O) groups excluding carboxylic acids is 1. The molecule has 0 aromatic carbocycles. The molecule has 1 saturated heterocycles. The minimum absolute atomic E-state index is 0.0143. The van der Waals surface area contributed by atoms with Crippen molar-refractivity contribution < 1.29 is 13.2 Å². The molecular weight excluding hydrogens is 178 g/mol. The van der Waals surface area contributed by atoms with Crippen LogP contribution in [0.4, 0.5) is 0 Å². The van der Waals surface area contributed by atoms with Gasteiger partial charge in [-0.15, -0.1) is 0 Å². The van der Waals surface area contributed by atoms with Gasteiger partial charge in [-0.25, -0.2) is 8.42 Å². The second-order valence-corrected chi connectivity index (χ2v) is 5.34. The van der Waals surface area contributed by atoms with E-state index in [4.69, 9.17) is 0 Å². The number of hydrogen-bond acceptors (Lipinski definition) is 3. The standard InChI is InChI=1S/C7H13NO3S/c1-5(2)7(9)6-4-8(6)12(3,10)11/h5-6H,4H2,1-3H3. The summed E-state index contributed by atoms with van der Waals surface area (Å²) in [6.07, 6.45) is 1.13. The van der Waals surface area contributed by atoms with Crippen LogP contribution in [0.5, 0.6) is 0 Å². The fourth-order valence-corrected chi connectivity index (χ4v) is 2.08. The third-order valence-electron chi connectivity index (χ3n) is 1.89. The van der Waals surface area contributed by atoms with Gasteiger partial charge in [-0.05, 0) is 0 Å². The Kier molecular flexibility index (Phi) is 2.27. The molecule has 0 aromatic heterocycles. The van der Waals surface area contributed by atoms with Crippen molar-refractivity contribution in [2.24, 2.45) is 5.92 Å². The van der Waals surface area contributed by atoms with Crippen molar-refractivity contribution >= 4 is 15.8 Å². The maximum absolute atomic E-state index is 11.3. The van der Waals surface area contributed by atoms with Gasteiger partial charge >= 0.3 is 0 Å². The highest BCUT2D eigenvalue weighted by atomic mass is 32.2. The minimum atomic E-state index is -3.14. The van der Waals surface area contributed by atoms with Crippen molar-refractivity contribution in [2.45, 2.75) is 19.9 Å². The predicted molar refractivity (Wildman–Crippen MR) is 45.2 cm³/mol. The Morgan fingerprint density at radius 2 is 2.00 bits per heavy atom. The van der Waals surface area contributed by atoms with E-state index in [2.05, 4.69) is 0 Å². The highest BCUT2D eigenvalue weighted by molar-refractivity contribution is 7.88. The maximum Gasteiger partial charge on any atom is 0.211 e. The van der Waals surface area contributed by atoms with Gasteiger partial charge in [0.25, 0.3) is 0 Å². The zero-order valence-corrected chi connectivity index (χ0v) is 8.26. The predicted octanol–water partition coefficient (Wildman–Crippen LogP) is -0.145. The van der Waals surface area contributed by atoms with Crippen molar-refractivity contribution in [1.29, 1.82) is 0 Å². The van der Waals surface area contributed by atoms with Crippen molar-refractivity contribution in [3.05, 3.63) is 0 Å². The van der Waals surface area contributed by atoms with Crippen LogP contribution < -0.4 is 0 Å². The third-order valence-corrected chi connectivity index (χ3v) is 3.15. The first-order valence-corrected chi connectivity index (χ1v) is 5.69. The van der Waals surface area contributed by atoms with Gasteiger partial charge < -0.3 is 0 Å². The fraction of sp³-hybridized carbons (Fsp3) is 0.857. The van der Waals surface area contributed by atoms with Gasteiger partial charge in [-0.1, -0.05) is 13.8 Å². The molecule has 1 aliphatic rings. The zero-order valence-electron chi connectivity index (χ0n) is 7.44. The van der Waals surface area contributed by atoms with E-state index in [0.29, 0.717) is 6.54 Å². The average molecular weight is 191 g/mol. The molecule has 1 fully saturated rings. The van der Waals surface area contributed by atoms with Crippen LogP contribution in [0.3, 0.4) is 0 Å². The maximum atomic E-state index is 11.3. The second-order valence-electron chi connectivity index (χ2n) is 3.41. The van der Waals surface area contributed by atoms with E-state index in [1.807, 2.05) is 0 Å². The van der Waals surface area contributed by atoms with E-state index in [1.165, 1.54) is 4.31 Å². The molecule has 0 aliphatic carbocycles. The molecule has 1 rings (SSSR count). The van der Waals surface area contributed by atoms with Crippen LogP contribution in [0.25, 0.3) is 0 Å². The molecule has 0 aromatic rings. The highest BCUT2D eigenvalue weighted by Crippen LogP contribution is 2.24. The topological polar surface area (TPSA) is 54.2 Å². The van der Waals surface area contributed by atoms with Gasteiger partial charge in [-0.2, -0.15) is 4.31 Å². The molecule has 0 amide bonds. The summed E-state index contributed by atoms with van der Waals surface area (Å²) in [7, 11) is -3.14. The van der Waals surface area contributed by atoms with Gasteiger partial charge in [0.1, 0.15) is 0 Å². The Labute approximate surface area is 72.6 Å². The molecular formula is C7H13NO3S. The molecule has 2 unspecified atom stereocenters. The molecule has 4 nitrogen and oxygen atoms in total. The molecule has 0 spiro atoms. The van der Waals surface area contributed by atoms with E-state index < -0.39 is 10.0 Å². The molecule has 0 radical (unpaired) electrons. The Bertz CT molecular complexity index is 294. The van der Waals surface area contributed by atoms with Crippen LogP contribution in [-0.4, -0.2) is 37.3 Å². The first-order valence-electron chi connectivity index (χ1n) is 3.84. The summed E-state index contributed by atoms with van der Waals surface area (Å²) in [5.74, 6) is -0.0674. The Morgan fingerprint density at radius 1 is 1.50 bits per heavy atom. The molecule has 12 heavy (non-hydrogen) atoms. The van der Waals surface area contributed by atoms with E-state index in [-0.39, 0.29) is 17.7 Å². The summed E-state index contributed by atoms with van der Waals surface area (Å²) in [6.45, 7) is 3.93. The van der Waals surface area contributed by atoms with E-state index in [1.54, 1.807) is 13.8 Å². The first kappa shape index (κ1) is 9.67. The lowest BCUT2D eigenvalue weighted by Crippen LogP contribution is -2.21. The third kappa shape index (κ3) is 1.84. The van der Waals surface area contributed by atoms with Gasteiger partial charge in [0.15, 0.2) is 5.78 Å². The number of ketones is 1. The molecule has 0 saturated carbocycles. The SMILES string of the molecule is CC(C)C(=O)C1CN1S(C)(=O)=O. The lowest BCUT2D eigenvalue weighted by Gasteiger charge is -2.02. The summed E-state index contributed by atoms with van der Waals surface area (Å²) >= 11 is 0. The molecule has 1 aliphatic heterocycles. The van der Waals surface area contributed by atoms with Crippen LogP contribution in [0.2, 0.25) is 0 Å². The highest BCUT2D eigenvalue weighted by Gasteiger charge is 2.46. The quantitative estimate of drug-likeness (QED) is 0.583. The second kappa shape index (κ2) is 2.81. The minimum Gasteiger partial charge on any atom is -0.298 e. The lowest BCUT2D eigenvalue weighted by atomic mass is 10.1. The van der Waals surface area contributed by atoms with Gasteiger partial charge in [-0.3, -0.25) is 4.79 Å². The largest absolute Gasteiger partial charge is 0.298 e. The van der Waals surface area contributed by atoms with E-state index in [0.717, 1.165) is 6.26 Å². The Hall–Kier alpha value is -0.420. The molecule has 5 heteroatoms. The number of carbonyl (C=O) groups is 1. The number of rotatable bonds is 3. The number of hydrogen-bond donors (Lipinski definition) is 0. The fourth-order valence-electron chi connectivity index (χ4n) is 1.11. The van der Waals surface area contributed by atoms with Crippen molar-refractivity contribution in [1.82, 2.24) is 4.31 Å². The normalized spacial score (nSPS) is 29.0. The van der Waals surface area contributed by atoms with Gasteiger partial charge in [0.05, 0.1) is 12.3 Å². The molecule has 2 atom stereocenters. The molecule has 1 heterocycles. The van der Waals surface area contributed by atoms with Crippen LogP contribution in [0.1, 0.15) is 13.8 Å². The van der Waals surface area contributed by atoms with Crippen LogP contribution in [0, 0.1) is 5.92 Å². The zero-order chi connectivity index (χ0) is 9.52. The van der Waals surface area contributed by atoms with Crippen molar-refractivity contribution in [3.63, 3.8) is 0 Å². The van der Waals surface area contributed by atoms with Crippen LogP contribution >= 0.6 is 0 Å². The summed E-state index contributed by atoms with van der Waals surface area (Å²) in [6, 6.07) is -0.375. The lowest BCUT2D eigenvalue weighted by molar-refractivity contribution is -0.121. The van der Waals surface area contributed by atoms with E-state index >= 15 is 0 Å². The number of nitrogens with zero attached hydrogens (tertiary/aromatic N) is 1. The summed E-state index contributed by atoms with van der Waals surface area (Å²) in [5.41, 5.74) is 0. The monoisotopic (exact) mass is 191 g/mol. The average Bonchev–Trinajstić information content (AvgIpc) is 2.61. The van der Waals surface area contributed by atoms with Crippen molar-refractivity contribution in [3.8, 4) is 0 Å². The summed E-state index contributed by atoms with van der Waals surface area (Å²) in [4.78, 5) is 11.3. The Balaban J connectivity index is 2.60. The smallest absolute Gasteiger partial charge is 0.211 e. The number of Topliss-reactive ketones (excluding diaryl/α,β-unsaturated/α-hetero) is 1. The van der Waals surface area contributed by atoms with Crippen LogP contribution in [0.15, 0.2) is 0 Å². The summed E-state index contributed by atoms with van der Waals surface area (Å²) in [5, 5.41) is 0.